The molecule has 0 aliphatic carbocycles. The summed E-state index contributed by atoms with van der Waals surface area (Å²) >= 11 is 11.9. The van der Waals surface area contributed by atoms with Gasteiger partial charge in [-0.25, -0.2) is 0 Å². The van der Waals surface area contributed by atoms with Crippen molar-refractivity contribution in [2.24, 2.45) is 0 Å². The molecular weight excluding hydrogens is 305 g/mol. The molecule has 1 fully saturated rings. The van der Waals surface area contributed by atoms with Crippen LogP contribution in [0.5, 0.6) is 0 Å². The molecule has 1 aliphatic rings. The zero-order valence-electron chi connectivity index (χ0n) is 11.4. The summed E-state index contributed by atoms with van der Waals surface area (Å²) in [6, 6.07) is 15.2. The van der Waals surface area contributed by atoms with E-state index in [1.807, 2.05) is 53.4 Å². The van der Waals surface area contributed by atoms with Crippen LogP contribution in [0.3, 0.4) is 0 Å². The van der Waals surface area contributed by atoms with Gasteiger partial charge in [0.2, 0.25) is 5.91 Å². The van der Waals surface area contributed by atoms with E-state index in [0.29, 0.717) is 16.5 Å². The first-order valence-electron chi connectivity index (χ1n) is 6.98. The van der Waals surface area contributed by atoms with Gasteiger partial charge in [-0.1, -0.05) is 35.3 Å². The predicted molar refractivity (Wildman–Crippen MR) is 87.0 cm³/mol. The zero-order chi connectivity index (χ0) is 14.8. The maximum atomic E-state index is 12.4. The average molecular weight is 320 g/mol. The Labute approximate surface area is 134 Å². The van der Waals surface area contributed by atoms with Crippen LogP contribution < -0.4 is 4.90 Å². The van der Waals surface area contributed by atoms with Gasteiger partial charge in [0.15, 0.2) is 0 Å². The van der Waals surface area contributed by atoms with Crippen molar-refractivity contribution < 1.29 is 4.79 Å². The highest BCUT2D eigenvalue weighted by molar-refractivity contribution is 6.30. The number of nitrogens with zero attached hydrogens (tertiary/aromatic N) is 1. The Morgan fingerprint density at radius 3 is 2.10 bits per heavy atom. The van der Waals surface area contributed by atoms with Crippen molar-refractivity contribution in [2.45, 2.75) is 25.3 Å². The first-order valence-corrected chi connectivity index (χ1v) is 7.74. The maximum absolute atomic E-state index is 12.4. The van der Waals surface area contributed by atoms with Crippen LogP contribution in [0.15, 0.2) is 48.5 Å². The smallest absolute Gasteiger partial charge is 0.227 e. The number of hydrogen-bond donors (Lipinski definition) is 0. The maximum Gasteiger partial charge on any atom is 0.227 e. The van der Waals surface area contributed by atoms with Crippen molar-refractivity contribution in [1.29, 1.82) is 0 Å². The number of rotatable bonds is 2. The second-order valence-corrected chi connectivity index (χ2v) is 6.07. The SMILES string of the molecule is O=C1CCCC(c2ccc(Cl)cc2)N1c1ccc(Cl)cc1. The number of anilines is 1. The minimum absolute atomic E-state index is 0.0599. The molecule has 0 spiro atoms. The second-order valence-electron chi connectivity index (χ2n) is 5.20. The lowest BCUT2D eigenvalue weighted by Crippen LogP contribution is -2.38. The summed E-state index contributed by atoms with van der Waals surface area (Å²) in [5.74, 6) is 0.156. The molecule has 0 bridgehead atoms. The summed E-state index contributed by atoms with van der Waals surface area (Å²) in [5.41, 5.74) is 2.01. The fourth-order valence-corrected chi connectivity index (χ4v) is 3.05. The van der Waals surface area contributed by atoms with E-state index in [9.17, 15) is 4.79 Å². The third kappa shape index (κ3) is 3.07. The number of piperidine rings is 1. The molecule has 0 saturated carbocycles. The van der Waals surface area contributed by atoms with Gasteiger partial charge in [-0.3, -0.25) is 4.79 Å². The van der Waals surface area contributed by atoms with Crippen molar-refractivity contribution in [1.82, 2.24) is 0 Å². The molecule has 1 saturated heterocycles. The van der Waals surface area contributed by atoms with E-state index in [-0.39, 0.29) is 11.9 Å². The number of halogens is 2. The molecule has 108 valence electrons. The van der Waals surface area contributed by atoms with Crippen LogP contribution in [0.25, 0.3) is 0 Å². The highest BCUT2D eigenvalue weighted by Gasteiger charge is 2.30. The van der Waals surface area contributed by atoms with Crippen LogP contribution in [0.4, 0.5) is 5.69 Å². The van der Waals surface area contributed by atoms with Gasteiger partial charge in [-0.15, -0.1) is 0 Å². The van der Waals surface area contributed by atoms with Gasteiger partial charge in [0, 0.05) is 22.2 Å². The first kappa shape index (κ1) is 14.4. The van der Waals surface area contributed by atoms with Crippen LogP contribution in [0, 0.1) is 0 Å². The fourth-order valence-electron chi connectivity index (χ4n) is 2.80. The number of amides is 1. The standard InChI is InChI=1S/C17H15Cl2NO/c18-13-6-4-12(5-7-13)16-2-1-3-17(21)20(16)15-10-8-14(19)9-11-15/h4-11,16H,1-3H2. The van der Waals surface area contributed by atoms with Crippen molar-refractivity contribution in [3.8, 4) is 0 Å². The van der Waals surface area contributed by atoms with E-state index < -0.39 is 0 Å². The van der Waals surface area contributed by atoms with Crippen molar-refractivity contribution >= 4 is 34.8 Å². The van der Waals surface area contributed by atoms with Gasteiger partial charge in [-0.2, -0.15) is 0 Å². The molecule has 2 aromatic rings. The van der Waals surface area contributed by atoms with Crippen LogP contribution in [-0.4, -0.2) is 5.91 Å². The summed E-state index contributed by atoms with van der Waals surface area (Å²) in [6.45, 7) is 0. The molecule has 3 rings (SSSR count). The van der Waals surface area contributed by atoms with Gasteiger partial charge in [-0.05, 0) is 54.8 Å². The summed E-state index contributed by atoms with van der Waals surface area (Å²) in [7, 11) is 0. The Morgan fingerprint density at radius 2 is 1.48 bits per heavy atom. The molecule has 1 amide bonds. The summed E-state index contributed by atoms with van der Waals surface area (Å²) in [6.07, 6.45) is 2.46. The Balaban J connectivity index is 1.98. The Morgan fingerprint density at radius 1 is 0.905 bits per heavy atom. The topological polar surface area (TPSA) is 20.3 Å². The van der Waals surface area contributed by atoms with Crippen LogP contribution in [0.1, 0.15) is 30.9 Å². The average Bonchev–Trinajstić information content (AvgIpc) is 2.49. The van der Waals surface area contributed by atoms with Gasteiger partial charge < -0.3 is 4.90 Å². The lowest BCUT2D eigenvalue weighted by atomic mass is 9.94. The molecule has 21 heavy (non-hydrogen) atoms. The zero-order valence-corrected chi connectivity index (χ0v) is 12.9. The monoisotopic (exact) mass is 319 g/mol. The molecule has 1 aliphatic heterocycles. The lowest BCUT2D eigenvalue weighted by molar-refractivity contribution is -0.120. The number of hydrogen-bond acceptors (Lipinski definition) is 1. The number of benzene rings is 2. The van der Waals surface area contributed by atoms with E-state index in [4.69, 9.17) is 23.2 Å². The van der Waals surface area contributed by atoms with Crippen molar-refractivity contribution in [2.75, 3.05) is 4.90 Å². The van der Waals surface area contributed by atoms with Crippen LogP contribution in [-0.2, 0) is 4.79 Å². The normalized spacial score (nSPS) is 18.9. The Hall–Kier alpha value is -1.51. The van der Waals surface area contributed by atoms with Gasteiger partial charge in [0.1, 0.15) is 0 Å². The summed E-state index contributed by atoms with van der Waals surface area (Å²) in [4.78, 5) is 14.3. The molecule has 2 nitrogen and oxygen atoms in total. The van der Waals surface area contributed by atoms with E-state index in [0.717, 1.165) is 24.1 Å². The summed E-state index contributed by atoms with van der Waals surface area (Å²) in [5, 5.41) is 1.38. The molecule has 1 heterocycles. The molecular formula is C17H15Cl2NO. The first-order chi connectivity index (χ1) is 10.1. The molecule has 0 aromatic heterocycles. The molecule has 1 unspecified atom stereocenters. The highest BCUT2D eigenvalue weighted by atomic mass is 35.5. The highest BCUT2D eigenvalue weighted by Crippen LogP contribution is 2.36. The summed E-state index contributed by atoms with van der Waals surface area (Å²) < 4.78 is 0. The quantitative estimate of drug-likeness (QED) is 0.740. The Bertz CT molecular complexity index is 637. The van der Waals surface area contributed by atoms with Gasteiger partial charge in [0.25, 0.3) is 0 Å². The van der Waals surface area contributed by atoms with Crippen molar-refractivity contribution in [3.05, 3.63) is 64.1 Å². The largest absolute Gasteiger partial charge is 0.305 e. The second kappa shape index (κ2) is 6.08. The van der Waals surface area contributed by atoms with E-state index in [2.05, 4.69) is 0 Å². The van der Waals surface area contributed by atoms with Crippen LogP contribution in [0.2, 0.25) is 10.0 Å². The predicted octanol–water partition coefficient (Wildman–Crippen LogP) is 5.25. The molecule has 2 aromatic carbocycles. The van der Waals surface area contributed by atoms with Crippen molar-refractivity contribution in [3.63, 3.8) is 0 Å². The third-order valence-electron chi connectivity index (χ3n) is 3.81. The molecule has 1 atom stereocenters. The van der Waals surface area contributed by atoms with Gasteiger partial charge >= 0.3 is 0 Å². The lowest BCUT2D eigenvalue weighted by Gasteiger charge is -2.36. The minimum atomic E-state index is 0.0599. The fraction of sp³-hybridized carbons (Fsp3) is 0.235. The molecule has 0 N–H and O–H groups in total. The Kier molecular flexibility index (Phi) is 4.18. The third-order valence-corrected chi connectivity index (χ3v) is 4.31. The molecule has 4 heteroatoms. The minimum Gasteiger partial charge on any atom is -0.305 e. The number of carbonyl (C=O) groups excluding carboxylic acids is 1. The number of carbonyl (C=O) groups is 1. The van der Waals surface area contributed by atoms with E-state index in [1.165, 1.54) is 0 Å². The van der Waals surface area contributed by atoms with E-state index >= 15 is 0 Å². The van der Waals surface area contributed by atoms with Crippen LogP contribution >= 0.6 is 23.2 Å². The molecule has 0 radical (unpaired) electrons. The van der Waals surface area contributed by atoms with Gasteiger partial charge in [0.05, 0.1) is 6.04 Å². The van der Waals surface area contributed by atoms with E-state index in [1.54, 1.807) is 0 Å².